The molecule has 0 rings (SSSR count). The SMILES string of the molecule is CCCCCCC(=O)CS(CC)(CC)OS(=O)(=O)CCCC. The molecular formula is C16H34O4S2. The van der Waals surface area contributed by atoms with Gasteiger partial charge in [0.25, 0.3) is 10.1 Å². The van der Waals surface area contributed by atoms with Crippen molar-refractivity contribution in [3.63, 3.8) is 0 Å². The molecule has 0 aliphatic heterocycles. The third kappa shape index (κ3) is 9.16. The molecule has 0 aromatic rings. The van der Waals surface area contributed by atoms with E-state index in [4.69, 9.17) is 3.63 Å². The Morgan fingerprint density at radius 3 is 1.95 bits per heavy atom. The molecule has 0 saturated carbocycles. The van der Waals surface area contributed by atoms with Gasteiger partial charge < -0.3 is 0 Å². The lowest BCUT2D eigenvalue weighted by Crippen LogP contribution is -2.24. The molecule has 134 valence electrons. The Kier molecular flexibility index (Phi) is 11.4. The first-order valence-electron chi connectivity index (χ1n) is 8.56. The van der Waals surface area contributed by atoms with E-state index in [1.54, 1.807) is 0 Å². The van der Waals surface area contributed by atoms with Crippen LogP contribution in [0.5, 0.6) is 0 Å². The second-order valence-corrected chi connectivity index (χ2v) is 11.2. The Hall–Kier alpha value is -0.0700. The molecule has 0 aromatic heterocycles. The van der Waals surface area contributed by atoms with Crippen LogP contribution >= 0.6 is 10.3 Å². The van der Waals surface area contributed by atoms with Gasteiger partial charge in [0.05, 0.1) is 11.5 Å². The Labute approximate surface area is 139 Å². The molecule has 0 aliphatic rings. The Morgan fingerprint density at radius 2 is 1.45 bits per heavy atom. The van der Waals surface area contributed by atoms with Crippen molar-refractivity contribution in [2.24, 2.45) is 0 Å². The first-order valence-corrected chi connectivity index (χ1v) is 12.2. The van der Waals surface area contributed by atoms with Gasteiger partial charge in [0.2, 0.25) is 0 Å². The predicted octanol–water partition coefficient (Wildman–Crippen LogP) is 4.43. The molecule has 0 unspecified atom stereocenters. The number of carbonyl (C=O) groups excluding carboxylic acids is 1. The average molecular weight is 355 g/mol. The Morgan fingerprint density at radius 1 is 0.864 bits per heavy atom. The molecule has 0 saturated heterocycles. The molecule has 4 nitrogen and oxygen atoms in total. The summed E-state index contributed by atoms with van der Waals surface area (Å²) < 4.78 is 29.7. The average Bonchev–Trinajstić information content (AvgIpc) is 2.48. The van der Waals surface area contributed by atoms with Gasteiger partial charge in [0.1, 0.15) is 5.78 Å². The maximum Gasteiger partial charge on any atom is 0.276 e. The van der Waals surface area contributed by atoms with Crippen molar-refractivity contribution in [3.8, 4) is 0 Å². The summed E-state index contributed by atoms with van der Waals surface area (Å²) >= 11 is 0. The quantitative estimate of drug-likeness (QED) is 0.433. The fraction of sp³-hybridized carbons (Fsp3) is 0.938. The minimum atomic E-state index is -3.52. The van der Waals surface area contributed by atoms with E-state index >= 15 is 0 Å². The van der Waals surface area contributed by atoms with Crippen molar-refractivity contribution in [2.75, 3.05) is 23.0 Å². The predicted molar refractivity (Wildman–Crippen MR) is 97.1 cm³/mol. The number of hydrogen-bond acceptors (Lipinski definition) is 4. The van der Waals surface area contributed by atoms with Gasteiger partial charge in [-0.25, -0.2) is 3.63 Å². The number of ketones is 1. The van der Waals surface area contributed by atoms with Gasteiger partial charge in [-0.1, -0.05) is 53.4 Å². The van der Waals surface area contributed by atoms with Crippen LogP contribution in [-0.4, -0.2) is 37.2 Å². The maximum absolute atomic E-state index is 12.2. The number of Topliss-reactive ketones (excluding diaryl/α,β-unsaturated/α-hetero) is 1. The zero-order valence-electron chi connectivity index (χ0n) is 14.7. The van der Waals surface area contributed by atoms with Crippen molar-refractivity contribution < 1.29 is 16.8 Å². The number of hydrogen-bond donors (Lipinski definition) is 0. The summed E-state index contributed by atoms with van der Waals surface area (Å²) in [7, 11) is -5.36. The molecule has 0 radical (unpaired) electrons. The van der Waals surface area contributed by atoms with Crippen LogP contribution in [0.1, 0.15) is 72.6 Å². The van der Waals surface area contributed by atoms with Crippen molar-refractivity contribution >= 4 is 26.2 Å². The zero-order chi connectivity index (χ0) is 17.1. The third-order valence-corrected chi connectivity index (χ3v) is 9.51. The van der Waals surface area contributed by atoms with Crippen LogP contribution < -0.4 is 0 Å². The lowest BCUT2D eigenvalue weighted by atomic mass is 10.1. The standard InChI is InChI=1S/C16H34O4S2/c1-5-9-11-12-13-16(17)15-21(7-3,8-4)20-22(18,19)14-10-6-2/h5-15H2,1-4H3. The summed E-state index contributed by atoms with van der Waals surface area (Å²) in [6.07, 6.45) is 6.24. The van der Waals surface area contributed by atoms with Gasteiger partial charge >= 0.3 is 0 Å². The van der Waals surface area contributed by atoms with E-state index in [9.17, 15) is 13.2 Å². The summed E-state index contributed by atoms with van der Waals surface area (Å²) in [5.41, 5.74) is 0. The Balaban J connectivity index is 4.64. The highest BCUT2D eigenvalue weighted by atomic mass is 32.3. The molecule has 0 spiro atoms. The van der Waals surface area contributed by atoms with E-state index in [1.165, 1.54) is 0 Å². The van der Waals surface area contributed by atoms with Gasteiger partial charge in [-0.2, -0.15) is 8.42 Å². The maximum atomic E-state index is 12.2. The molecule has 6 heteroatoms. The van der Waals surface area contributed by atoms with Crippen LogP contribution in [0, 0.1) is 0 Å². The molecule has 0 amide bonds. The summed E-state index contributed by atoms with van der Waals surface area (Å²) in [5.74, 6) is 1.74. The number of unbranched alkanes of at least 4 members (excludes halogenated alkanes) is 4. The molecule has 0 fully saturated rings. The van der Waals surface area contributed by atoms with Gasteiger partial charge in [0, 0.05) is 6.42 Å². The molecule has 0 bridgehead atoms. The van der Waals surface area contributed by atoms with Crippen LogP contribution in [0.15, 0.2) is 0 Å². The molecule has 0 heterocycles. The minimum Gasteiger partial charge on any atom is -0.299 e. The van der Waals surface area contributed by atoms with Gasteiger partial charge in [-0.05, 0) is 24.3 Å². The topological polar surface area (TPSA) is 60.4 Å². The van der Waals surface area contributed by atoms with Crippen LogP contribution in [0.4, 0.5) is 0 Å². The van der Waals surface area contributed by atoms with E-state index in [0.29, 0.717) is 24.3 Å². The van der Waals surface area contributed by atoms with Crippen LogP contribution in [0.2, 0.25) is 0 Å². The van der Waals surface area contributed by atoms with Crippen LogP contribution in [0.25, 0.3) is 0 Å². The Bertz CT molecular complexity index is 400. The highest BCUT2D eigenvalue weighted by Gasteiger charge is 2.30. The largest absolute Gasteiger partial charge is 0.299 e. The van der Waals surface area contributed by atoms with E-state index in [-0.39, 0.29) is 17.3 Å². The van der Waals surface area contributed by atoms with E-state index in [0.717, 1.165) is 32.1 Å². The zero-order valence-corrected chi connectivity index (χ0v) is 16.4. The summed E-state index contributed by atoms with van der Waals surface area (Å²) in [6, 6.07) is 0. The van der Waals surface area contributed by atoms with Crippen molar-refractivity contribution in [1.82, 2.24) is 0 Å². The minimum absolute atomic E-state index is 0.0585. The fourth-order valence-electron chi connectivity index (χ4n) is 2.22. The normalized spacial score (nSPS) is 13.3. The van der Waals surface area contributed by atoms with E-state index < -0.39 is 20.4 Å². The molecule has 0 aromatic carbocycles. The molecule has 0 N–H and O–H groups in total. The van der Waals surface area contributed by atoms with Gasteiger partial charge in [-0.15, -0.1) is 10.3 Å². The van der Waals surface area contributed by atoms with Crippen LogP contribution in [0.3, 0.4) is 0 Å². The molecule has 0 aliphatic carbocycles. The molecular weight excluding hydrogens is 320 g/mol. The van der Waals surface area contributed by atoms with Crippen molar-refractivity contribution in [1.29, 1.82) is 0 Å². The lowest BCUT2D eigenvalue weighted by molar-refractivity contribution is -0.116. The lowest BCUT2D eigenvalue weighted by Gasteiger charge is -2.35. The van der Waals surface area contributed by atoms with Crippen molar-refractivity contribution in [2.45, 2.75) is 72.6 Å². The highest BCUT2D eigenvalue weighted by Crippen LogP contribution is 2.50. The van der Waals surface area contributed by atoms with E-state index in [2.05, 4.69) is 6.92 Å². The summed E-state index contributed by atoms with van der Waals surface area (Å²) in [6.45, 7) is 7.95. The summed E-state index contributed by atoms with van der Waals surface area (Å²) in [4.78, 5) is 12.2. The molecule has 0 atom stereocenters. The summed E-state index contributed by atoms with van der Waals surface area (Å²) in [5, 5.41) is 0. The smallest absolute Gasteiger partial charge is 0.276 e. The molecule has 22 heavy (non-hydrogen) atoms. The number of carbonyl (C=O) groups is 1. The first-order chi connectivity index (χ1) is 10.3. The first kappa shape index (κ1) is 21.9. The van der Waals surface area contributed by atoms with Crippen molar-refractivity contribution in [3.05, 3.63) is 0 Å². The monoisotopic (exact) mass is 354 g/mol. The second-order valence-electron chi connectivity index (χ2n) is 5.72. The van der Waals surface area contributed by atoms with Gasteiger partial charge in [0.15, 0.2) is 0 Å². The fourth-order valence-corrected chi connectivity index (χ4v) is 7.40. The number of rotatable bonds is 14. The highest BCUT2D eigenvalue weighted by molar-refractivity contribution is 8.33. The second kappa shape index (κ2) is 11.5. The van der Waals surface area contributed by atoms with Gasteiger partial charge in [-0.3, -0.25) is 4.79 Å². The third-order valence-electron chi connectivity index (χ3n) is 3.78. The van der Waals surface area contributed by atoms with E-state index in [1.807, 2.05) is 20.8 Å². The van der Waals surface area contributed by atoms with Crippen LogP contribution in [-0.2, 0) is 18.5 Å².